The van der Waals surface area contributed by atoms with Crippen LogP contribution in [0.2, 0.25) is 0 Å². The molecule has 0 bridgehead atoms. The Morgan fingerprint density at radius 1 is 1.58 bits per heavy atom. The Bertz CT molecular complexity index is 185. The molecule has 0 radical (unpaired) electrons. The third kappa shape index (κ3) is 2.62. The van der Waals surface area contributed by atoms with E-state index >= 15 is 0 Å². The van der Waals surface area contributed by atoms with Gasteiger partial charge in [-0.25, -0.2) is 0 Å². The number of carbonyl (C=O) groups excluding carboxylic acids is 1. The van der Waals surface area contributed by atoms with Crippen molar-refractivity contribution in [2.24, 2.45) is 5.73 Å². The number of ether oxygens (including phenoxy) is 1. The summed E-state index contributed by atoms with van der Waals surface area (Å²) < 4.78 is 5.19. The number of hydrogen-bond acceptors (Lipinski definition) is 3. The molecule has 0 aromatic carbocycles. The van der Waals surface area contributed by atoms with Crippen molar-refractivity contribution in [3.63, 3.8) is 0 Å². The Morgan fingerprint density at radius 3 is 2.83 bits per heavy atom. The van der Waals surface area contributed by atoms with Crippen molar-refractivity contribution < 1.29 is 9.53 Å². The normalized spacial score (nSPS) is 22.5. The van der Waals surface area contributed by atoms with E-state index in [1.165, 1.54) is 0 Å². The molecule has 0 aliphatic carbocycles. The number of nitrogens with two attached hydrogens (primary N) is 1. The highest BCUT2D eigenvalue weighted by molar-refractivity contribution is 5.88. The summed E-state index contributed by atoms with van der Waals surface area (Å²) in [5.74, 6) is 0.157. The Kier molecular flexibility index (Phi) is 3.22. The third-order valence-corrected chi connectivity index (χ3v) is 1.93. The first-order chi connectivity index (χ1) is 5.70. The molecule has 1 rings (SSSR count). The first kappa shape index (κ1) is 9.19. The van der Waals surface area contributed by atoms with Gasteiger partial charge in [0.2, 0.25) is 0 Å². The lowest BCUT2D eigenvalue weighted by molar-refractivity contribution is -0.127. The van der Waals surface area contributed by atoms with E-state index in [9.17, 15) is 4.79 Å². The molecule has 3 N–H and O–H groups in total. The SMILES string of the molecule is N=C(N)CCC(=O)C1CCCO1. The maximum Gasteiger partial charge on any atom is 0.161 e. The zero-order valence-electron chi connectivity index (χ0n) is 7.01. The van der Waals surface area contributed by atoms with Crippen LogP contribution in [0.4, 0.5) is 0 Å². The van der Waals surface area contributed by atoms with Crippen LogP contribution >= 0.6 is 0 Å². The zero-order chi connectivity index (χ0) is 8.97. The summed E-state index contributed by atoms with van der Waals surface area (Å²) in [5, 5.41) is 6.94. The second-order valence-electron chi connectivity index (χ2n) is 2.99. The molecular formula is C8H14N2O2. The summed E-state index contributed by atoms with van der Waals surface area (Å²) in [5.41, 5.74) is 5.13. The Balaban J connectivity index is 2.23. The van der Waals surface area contributed by atoms with Crippen LogP contribution in [-0.2, 0) is 9.53 Å². The average molecular weight is 170 g/mol. The molecule has 1 aliphatic rings. The largest absolute Gasteiger partial charge is 0.388 e. The van der Waals surface area contributed by atoms with Crippen molar-refractivity contribution in [2.45, 2.75) is 31.8 Å². The highest BCUT2D eigenvalue weighted by Gasteiger charge is 2.22. The molecule has 1 heterocycles. The molecule has 0 aromatic heterocycles. The number of amidine groups is 1. The highest BCUT2D eigenvalue weighted by atomic mass is 16.5. The minimum absolute atomic E-state index is 0.0707. The topological polar surface area (TPSA) is 76.2 Å². The summed E-state index contributed by atoms with van der Waals surface area (Å²) >= 11 is 0. The van der Waals surface area contributed by atoms with Crippen LogP contribution in [-0.4, -0.2) is 24.3 Å². The Labute approximate surface area is 71.6 Å². The molecule has 1 aliphatic heterocycles. The lowest BCUT2D eigenvalue weighted by Gasteiger charge is -2.06. The molecule has 1 atom stereocenters. The van der Waals surface area contributed by atoms with Crippen molar-refractivity contribution in [3.8, 4) is 0 Å². The van der Waals surface area contributed by atoms with Gasteiger partial charge in [-0.15, -0.1) is 0 Å². The van der Waals surface area contributed by atoms with Gasteiger partial charge in [-0.1, -0.05) is 0 Å². The number of hydrogen-bond donors (Lipinski definition) is 2. The smallest absolute Gasteiger partial charge is 0.161 e. The minimum Gasteiger partial charge on any atom is -0.388 e. The van der Waals surface area contributed by atoms with Crippen LogP contribution in [0.15, 0.2) is 0 Å². The number of rotatable bonds is 4. The fourth-order valence-corrected chi connectivity index (χ4v) is 1.25. The molecule has 4 nitrogen and oxygen atoms in total. The van der Waals surface area contributed by atoms with Crippen molar-refractivity contribution in [1.82, 2.24) is 0 Å². The van der Waals surface area contributed by atoms with E-state index in [1.807, 2.05) is 0 Å². The van der Waals surface area contributed by atoms with E-state index < -0.39 is 0 Å². The van der Waals surface area contributed by atoms with Gasteiger partial charge in [-0.05, 0) is 12.8 Å². The molecular weight excluding hydrogens is 156 g/mol. The molecule has 12 heavy (non-hydrogen) atoms. The Hall–Kier alpha value is -0.900. The van der Waals surface area contributed by atoms with Crippen molar-refractivity contribution >= 4 is 11.6 Å². The van der Waals surface area contributed by atoms with Crippen LogP contribution in [0.5, 0.6) is 0 Å². The van der Waals surface area contributed by atoms with Crippen molar-refractivity contribution in [2.75, 3.05) is 6.61 Å². The van der Waals surface area contributed by atoms with E-state index in [0.29, 0.717) is 19.4 Å². The lowest BCUT2D eigenvalue weighted by atomic mass is 10.1. The molecule has 1 saturated heterocycles. The van der Waals surface area contributed by atoms with Crippen LogP contribution in [0.3, 0.4) is 0 Å². The van der Waals surface area contributed by atoms with Gasteiger partial charge in [0, 0.05) is 19.4 Å². The van der Waals surface area contributed by atoms with Gasteiger partial charge < -0.3 is 10.5 Å². The second-order valence-corrected chi connectivity index (χ2v) is 2.99. The predicted octanol–water partition coefficient (Wildman–Crippen LogP) is 0.451. The van der Waals surface area contributed by atoms with E-state index in [0.717, 1.165) is 12.8 Å². The van der Waals surface area contributed by atoms with E-state index in [1.54, 1.807) is 0 Å². The van der Waals surface area contributed by atoms with Gasteiger partial charge in [0.15, 0.2) is 5.78 Å². The molecule has 0 saturated carbocycles. The van der Waals surface area contributed by atoms with Crippen molar-refractivity contribution in [1.29, 1.82) is 5.41 Å². The molecule has 0 aromatic rings. The number of ketones is 1. The fourth-order valence-electron chi connectivity index (χ4n) is 1.25. The monoisotopic (exact) mass is 170 g/mol. The zero-order valence-corrected chi connectivity index (χ0v) is 7.01. The van der Waals surface area contributed by atoms with E-state index in [-0.39, 0.29) is 17.7 Å². The van der Waals surface area contributed by atoms with Gasteiger partial charge in [0.1, 0.15) is 6.10 Å². The summed E-state index contributed by atoms with van der Waals surface area (Å²) in [6.07, 6.45) is 2.29. The van der Waals surface area contributed by atoms with Gasteiger partial charge in [-0.3, -0.25) is 10.2 Å². The summed E-state index contributed by atoms with van der Waals surface area (Å²) in [7, 11) is 0. The van der Waals surface area contributed by atoms with Crippen LogP contribution in [0.1, 0.15) is 25.7 Å². The first-order valence-corrected chi connectivity index (χ1v) is 4.17. The average Bonchev–Trinajstić information content (AvgIpc) is 2.51. The van der Waals surface area contributed by atoms with Gasteiger partial charge in [-0.2, -0.15) is 0 Å². The minimum atomic E-state index is -0.218. The number of carbonyl (C=O) groups is 1. The van der Waals surface area contributed by atoms with Gasteiger partial charge >= 0.3 is 0 Å². The molecule has 68 valence electrons. The maximum absolute atomic E-state index is 11.3. The fraction of sp³-hybridized carbons (Fsp3) is 0.750. The second kappa shape index (κ2) is 4.21. The number of Topliss-reactive ketones (excluding diaryl/α,β-unsaturated/α-hetero) is 1. The maximum atomic E-state index is 11.3. The van der Waals surface area contributed by atoms with Crippen molar-refractivity contribution in [3.05, 3.63) is 0 Å². The third-order valence-electron chi connectivity index (χ3n) is 1.93. The summed E-state index contributed by atoms with van der Waals surface area (Å²) in [6, 6.07) is 0. The van der Waals surface area contributed by atoms with E-state index in [4.69, 9.17) is 15.9 Å². The lowest BCUT2D eigenvalue weighted by Crippen LogP contribution is -2.21. The standard InChI is InChI=1S/C8H14N2O2/c9-8(10)4-3-6(11)7-2-1-5-12-7/h7H,1-5H2,(H3,9,10). The quantitative estimate of drug-likeness (QED) is 0.475. The molecule has 4 heteroatoms. The summed E-state index contributed by atoms with van der Waals surface area (Å²) in [6.45, 7) is 0.691. The number of nitrogens with one attached hydrogen (secondary N) is 1. The predicted molar refractivity (Wildman–Crippen MR) is 45.1 cm³/mol. The first-order valence-electron chi connectivity index (χ1n) is 4.17. The van der Waals surface area contributed by atoms with Crippen LogP contribution in [0.25, 0.3) is 0 Å². The molecule has 0 amide bonds. The van der Waals surface area contributed by atoms with Crippen LogP contribution < -0.4 is 5.73 Å². The molecule has 0 spiro atoms. The molecule has 1 fully saturated rings. The molecule has 1 unspecified atom stereocenters. The van der Waals surface area contributed by atoms with Gasteiger partial charge in [0.25, 0.3) is 0 Å². The van der Waals surface area contributed by atoms with Crippen LogP contribution in [0, 0.1) is 5.41 Å². The Morgan fingerprint density at radius 2 is 2.33 bits per heavy atom. The highest BCUT2D eigenvalue weighted by Crippen LogP contribution is 2.14. The van der Waals surface area contributed by atoms with E-state index in [2.05, 4.69) is 0 Å². The summed E-state index contributed by atoms with van der Waals surface area (Å²) in [4.78, 5) is 11.3. The van der Waals surface area contributed by atoms with Gasteiger partial charge in [0.05, 0.1) is 5.84 Å².